The average Bonchev–Trinajstić information content (AvgIpc) is 3.27. The van der Waals surface area contributed by atoms with E-state index in [1.165, 1.54) is 4.90 Å². The SMILES string of the molecule is CC[C@@H](C)C(=O)N[C@H](C(=O)N1C[C@H]2CC(F)(F)CN2C[C@H]1C(=O)N[C@@H]1CCOc2ccccc21)C1CCCCC1. The van der Waals surface area contributed by atoms with Crippen molar-refractivity contribution in [2.24, 2.45) is 11.8 Å². The number of carbonyl (C=O) groups is 3. The summed E-state index contributed by atoms with van der Waals surface area (Å²) < 4.78 is 34.7. The van der Waals surface area contributed by atoms with Crippen LogP contribution in [0.15, 0.2) is 24.3 Å². The summed E-state index contributed by atoms with van der Waals surface area (Å²) in [5.74, 6) is -3.32. The summed E-state index contributed by atoms with van der Waals surface area (Å²) in [6.45, 7) is 3.87. The van der Waals surface area contributed by atoms with E-state index < -0.39 is 30.6 Å². The lowest BCUT2D eigenvalue weighted by molar-refractivity contribution is -0.150. The zero-order valence-electron chi connectivity index (χ0n) is 23.5. The Kier molecular flexibility index (Phi) is 8.63. The molecule has 3 amide bonds. The Morgan fingerprint density at radius 2 is 1.85 bits per heavy atom. The minimum absolute atomic E-state index is 0.0385. The van der Waals surface area contributed by atoms with Crippen molar-refractivity contribution in [2.75, 3.05) is 26.2 Å². The first-order chi connectivity index (χ1) is 19.2. The topological polar surface area (TPSA) is 91.0 Å². The molecule has 5 rings (SSSR count). The molecule has 8 nitrogen and oxygen atoms in total. The second-order valence-corrected chi connectivity index (χ2v) is 12.1. The Morgan fingerprint density at radius 1 is 1.10 bits per heavy atom. The zero-order chi connectivity index (χ0) is 28.4. The lowest BCUT2D eigenvalue weighted by Crippen LogP contribution is -2.66. The van der Waals surface area contributed by atoms with Gasteiger partial charge in [-0.2, -0.15) is 0 Å². The third-order valence-corrected chi connectivity index (χ3v) is 9.28. The molecule has 1 aromatic rings. The van der Waals surface area contributed by atoms with Gasteiger partial charge < -0.3 is 20.3 Å². The fourth-order valence-electron chi connectivity index (χ4n) is 6.77. The number of nitrogens with zero attached hydrogens (tertiary/aromatic N) is 2. The molecule has 2 N–H and O–H groups in total. The van der Waals surface area contributed by atoms with Gasteiger partial charge in [-0.15, -0.1) is 0 Å². The van der Waals surface area contributed by atoms with E-state index in [0.29, 0.717) is 25.2 Å². The number of alkyl halides is 2. The Morgan fingerprint density at radius 3 is 2.60 bits per heavy atom. The summed E-state index contributed by atoms with van der Waals surface area (Å²) in [5.41, 5.74) is 0.863. The molecule has 10 heteroatoms. The molecular weight excluding hydrogens is 518 g/mol. The van der Waals surface area contributed by atoms with Crippen LogP contribution in [0.2, 0.25) is 0 Å². The summed E-state index contributed by atoms with van der Waals surface area (Å²) in [7, 11) is 0. The predicted octanol–water partition coefficient (Wildman–Crippen LogP) is 3.66. The van der Waals surface area contributed by atoms with E-state index in [1.54, 1.807) is 4.90 Å². The van der Waals surface area contributed by atoms with Crippen LogP contribution in [0, 0.1) is 11.8 Å². The van der Waals surface area contributed by atoms with Crippen LogP contribution in [0.3, 0.4) is 0 Å². The number of fused-ring (bicyclic) bond motifs is 2. The van der Waals surface area contributed by atoms with E-state index in [1.807, 2.05) is 38.1 Å². The number of ether oxygens (including phenoxy) is 1. The average molecular weight is 561 g/mol. The van der Waals surface area contributed by atoms with E-state index >= 15 is 0 Å². The molecule has 1 saturated carbocycles. The van der Waals surface area contributed by atoms with Crippen LogP contribution in [0.4, 0.5) is 8.78 Å². The quantitative estimate of drug-likeness (QED) is 0.531. The maximum Gasteiger partial charge on any atom is 0.262 e. The number of piperazine rings is 1. The molecule has 5 atom stereocenters. The van der Waals surface area contributed by atoms with E-state index in [4.69, 9.17) is 4.74 Å². The summed E-state index contributed by atoms with van der Waals surface area (Å²) in [6.07, 6.45) is 5.54. The summed E-state index contributed by atoms with van der Waals surface area (Å²) >= 11 is 0. The number of amides is 3. The van der Waals surface area contributed by atoms with E-state index in [-0.39, 0.29) is 55.1 Å². The third kappa shape index (κ3) is 6.11. The second kappa shape index (κ2) is 12.0. The van der Waals surface area contributed by atoms with Crippen LogP contribution in [0.1, 0.15) is 76.8 Å². The van der Waals surface area contributed by atoms with Crippen molar-refractivity contribution in [3.63, 3.8) is 0 Å². The molecular formula is C30H42F2N4O4. The molecule has 4 aliphatic rings. The fourth-order valence-corrected chi connectivity index (χ4v) is 6.77. The van der Waals surface area contributed by atoms with Crippen LogP contribution in [0.25, 0.3) is 0 Å². The van der Waals surface area contributed by atoms with E-state index in [9.17, 15) is 23.2 Å². The Hall–Kier alpha value is -2.75. The number of nitrogens with one attached hydrogen (secondary N) is 2. The van der Waals surface area contributed by atoms with Gasteiger partial charge in [0.15, 0.2) is 0 Å². The lowest BCUT2D eigenvalue weighted by atomic mass is 9.82. The van der Waals surface area contributed by atoms with Crippen molar-refractivity contribution in [1.82, 2.24) is 20.4 Å². The Balaban J connectivity index is 1.41. The first-order valence-electron chi connectivity index (χ1n) is 14.9. The summed E-state index contributed by atoms with van der Waals surface area (Å²) in [5, 5.41) is 6.13. The zero-order valence-corrected chi connectivity index (χ0v) is 23.5. The highest BCUT2D eigenvalue weighted by Gasteiger charge is 2.52. The van der Waals surface area contributed by atoms with Gasteiger partial charge in [-0.25, -0.2) is 8.78 Å². The van der Waals surface area contributed by atoms with Crippen molar-refractivity contribution in [3.8, 4) is 5.75 Å². The third-order valence-electron chi connectivity index (χ3n) is 9.28. The number of hydrogen-bond acceptors (Lipinski definition) is 5. The molecule has 0 aromatic heterocycles. The van der Waals surface area contributed by atoms with Crippen LogP contribution in [0.5, 0.6) is 5.75 Å². The number of halogens is 2. The van der Waals surface area contributed by atoms with Crippen LogP contribution in [-0.2, 0) is 14.4 Å². The molecule has 3 aliphatic heterocycles. The van der Waals surface area contributed by atoms with Crippen LogP contribution < -0.4 is 15.4 Å². The standard InChI is InChI=1S/C30H42F2N4O4/c1-3-19(2)27(37)34-26(20-9-5-4-6-10-20)29(39)36-16-21-15-30(31,32)18-35(21)17-24(36)28(38)33-23-13-14-40-25-12-8-7-11-22(23)25/h7-8,11-12,19-21,23-24,26H,3-6,9-10,13-18H2,1-2H3,(H,33,38)(H,34,37)/t19-,21-,23-,24+,26+/m1/s1. The first-order valence-corrected chi connectivity index (χ1v) is 14.9. The molecule has 40 heavy (non-hydrogen) atoms. The van der Waals surface area contributed by atoms with Gasteiger partial charge in [-0.1, -0.05) is 51.3 Å². The van der Waals surface area contributed by atoms with Gasteiger partial charge in [0.25, 0.3) is 5.92 Å². The molecule has 3 heterocycles. The van der Waals surface area contributed by atoms with Gasteiger partial charge in [0.05, 0.1) is 19.2 Å². The molecule has 1 aromatic carbocycles. The van der Waals surface area contributed by atoms with Gasteiger partial charge in [0.1, 0.15) is 17.8 Å². The normalized spacial score (nSPS) is 28.0. The van der Waals surface area contributed by atoms with Crippen LogP contribution >= 0.6 is 0 Å². The highest BCUT2D eigenvalue weighted by Crippen LogP contribution is 2.37. The molecule has 0 spiro atoms. The van der Waals surface area contributed by atoms with Crippen molar-refractivity contribution >= 4 is 17.7 Å². The molecule has 3 fully saturated rings. The minimum Gasteiger partial charge on any atom is -0.493 e. The highest BCUT2D eigenvalue weighted by molar-refractivity contribution is 5.93. The number of carbonyl (C=O) groups excluding carboxylic acids is 3. The van der Waals surface area contributed by atoms with E-state index in [2.05, 4.69) is 10.6 Å². The van der Waals surface area contributed by atoms with E-state index in [0.717, 1.165) is 37.7 Å². The Labute approximate surface area is 235 Å². The van der Waals surface area contributed by atoms with Gasteiger partial charge in [0.2, 0.25) is 17.7 Å². The molecule has 0 bridgehead atoms. The highest BCUT2D eigenvalue weighted by atomic mass is 19.3. The van der Waals surface area contributed by atoms with Gasteiger partial charge in [-0.05, 0) is 31.2 Å². The molecule has 220 valence electrons. The van der Waals surface area contributed by atoms with Gasteiger partial charge in [-0.3, -0.25) is 19.3 Å². The van der Waals surface area contributed by atoms with Crippen molar-refractivity contribution in [1.29, 1.82) is 0 Å². The van der Waals surface area contributed by atoms with Crippen LogP contribution in [-0.4, -0.2) is 77.8 Å². The number of hydrogen-bond donors (Lipinski definition) is 2. The maximum atomic E-state index is 14.5. The number of benzene rings is 1. The Bertz CT molecular complexity index is 1100. The molecule has 2 saturated heterocycles. The van der Waals surface area contributed by atoms with Crippen molar-refractivity contribution in [3.05, 3.63) is 29.8 Å². The second-order valence-electron chi connectivity index (χ2n) is 12.1. The molecule has 1 aliphatic carbocycles. The summed E-state index contributed by atoms with van der Waals surface area (Å²) in [4.78, 5) is 44.3. The fraction of sp³-hybridized carbons (Fsp3) is 0.700. The van der Waals surface area contributed by atoms with Gasteiger partial charge in [0, 0.05) is 43.5 Å². The largest absolute Gasteiger partial charge is 0.493 e. The maximum absolute atomic E-state index is 14.5. The van der Waals surface area contributed by atoms with Gasteiger partial charge >= 0.3 is 0 Å². The molecule has 0 radical (unpaired) electrons. The summed E-state index contributed by atoms with van der Waals surface area (Å²) in [6, 6.07) is 5.00. The minimum atomic E-state index is -2.86. The molecule has 0 unspecified atom stereocenters. The predicted molar refractivity (Wildman–Crippen MR) is 146 cm³/mol. The number of rotatable bonds is 7. The van der Waals surface area contributed by atoms with Crippen molar-refractivity contribution < 1.29 is 27.9 Å². The van der Waals surface area contributed by atoms with Crippen molar-refractivity contribution in [2.45, 2.75) is 95.3 Å². The number of para-hydroxylation sites is 1. The smallest absolute Gasteiger partial charge is 0.262 e. The monoisotopic (exact) mass is 560 g/mol. The lowest BCUT2D eigenvalue weighted by Gasteiger charge is -2.45. The first kappa shape index (κ1) is 28.8.